The van der Waals surface area contributed by atoms with E-state index >= 15 is 0 Å². The maximum absolute atomic E-state index is 13.2. The predicted molar refractivity (Wildman–Crippen MR) is 77.5 cm³/mol. The van der Waals surface area contributed by atoms with Crippen LogP contribution in [0.5, 0.6) is 0 Å². The summed E-state index contributed by atoms with van der Waals surface area (Å²) in [6, 6.07) is -0.193. The second-order valence-corrected chi connectivity index (χ2v) is 6.71. The van der Waals surface area contributed by atoms with E-state index in [2.05, 4.69) is 20.0 Å². The van der Waals surface area contributed by atoms with Crippen LogP contribution in [0.3, 0.4) is 0 Å². The van der Waals surface area contributed by atoms with Crippen LogP contribution < -0.4 is 5.32 Å². The first kappa shape index (κ1) is 16.9. The highest BCUT2D eigenvalue weighted by atomic mass is 19.4. The second kappa shape index (κ2) is 5.30. The summed E-state index contributed by atoms with van der Waals surface area (Å²) >= 11 is 0. The molecule has 1 N–H and O–H groups in total. The lowest BCUT2D eigenvalue weighted by molar-refractivity contribution is -0.141. The SMILES string of the molecule is COC(=O)c1cnc(N[C@H]2C[C@@]3(C)CC[C@]2(C)O3)nc1C(F)(F)F. The number of nitrogens with one attached hydrogen (secondary N) is 1. The summed E-state index contributed by atoms with van der Waals surface area (Å²) in [4.78, 5) is 18.8. The van der Waals surface area contributed by atoms with Crippen molar-refractivity contribution in [1.82, 2.24) is 9.97 Å². The van der Waals surface area contributed by atoms with Crippen LogP contribution >= 0.6 is 0 Å². The van der Waals surface area contributed by atoms with Crippen molar-refractivity contribution in [3.8, 4) is 0 Å². The molecule has 2 aliphatic rings. The van der Waals surface area contributed by atoms with E-state index in [0.29, 0.717) is 6.42 Å². The minimum absolute atomic E-state index is 0.180. The fourth-order valence-corrected chi connectivity index (χ4v) is 3.50. The van der Waals surface area contributed by atoms with Crippen molar-refractivity contribution < 1.29 is 27.4 Å². The molecular formula is C15H18F3N3O3. The Balaban J connectivity index is 1.89. The highest BCUT2D eigenvalue weighted by molar-refractivity contribution is 5.90. The first-order valence-corrected chi connectivity index (χ1v) is 7.56. The molecule has 132 valence electrons. The van der Waals surface area contributed by atoms with Gasteiger partial charge in [0, 0.05) is 6.20 Å². The van der Waals surface area contributed by atoms with Gasteiger partial charge in [-0.2, -0.15) is 13.2 Å². The van der Waals surface area contributed by atoms with Crippen molar-refractivity contribution in [2.24, 2.45) is 0 Å². The molecule has 2 aliphatic heterocycles. The molecule has 24 heavy (non-hydrogen) atoms. The fraction of sp³-hybridized carbons (Fsp3) is 0.667. The molecule has 0 unspecified atom stereocenters. The topological polar surface area (TPSA) is 73.3 Å². The van der Waals surface area contributed by atoms with Gasteiger partial charge in [0.25, 0.3) is 0 Å². The highest BCUT2D eigenvalue weighted by Crippen LogP contribution is 2.51. The van der Waals surface area contributed by atoms with E-state index < -0.39 is 29.0 Å². The highest BCUT2D eigenvalue weighted by Gasteiger charge is 2.57. The normalized spacial score (nSPS) is 32.0. The number of carbonyl (C=O) groups is 1. The van der Waals surface area contributed by atoms with Gasteiger partial charge in [-0.1, -0.05) is 0 Å². The summed E-state index contributed by atoms with van der Waals surface area (Å²) in [5, 5.41) is 2.94. The van der Waals surface area contributed by atoms with Gasteiger partial charge in [0.15, 0.2) is 5.69 Å². The fourth-order valence-electron chi connectivity index (χ4n) is 3.50. The number of carbonyl (C=O) groups excluding carboxylic acids is 1. The quantitative estimate of drug-likeness (QED) is 0.849. The lowest BCUT2D eigenvalue weighted by atomic mass is 9.80. The van der Waals surface area contributed by atoms with Crippen LogP contribution in [0.1, 0.15) is 49.2 Å². The van der Waals surface area contributed by atoms with Crippen molar-refractivity contribution in [2.45, 2.75) is 56.5 Å². The Labute approximate surface area is 136 Å². The van der Waals surface area contributed by atoms with Crippen molar-refractivity contribution in [2.75, 3.05) is 12.4 Å². The molecule has 1 aromatic rings. The van der Waals surface area contributed by atoms with E-state index in [1.54, 1.807) is 0 Å². The van der Waals surface area contributed by atoms with Crippen LogP contribution in [0.2, 0.25) is 0 Å². The van der Waals surface area contributed by atoms with Gasteiger partial charge in [0.05, 0.1) is 24.4 Å². The molecule has 0 spiro atoms. The molecule has 3 heterocycles. The molecule has 0 radical (unpaired) electrons. The molecule has 3 rings (SSSR count). The van der Waals surface area contributed by atoms with Crippen LogP contribution in [0, 0.1) is 0 Å². The van der Waals surface area contributed by atoms with Gasteiger partial charge >= 0.3 is 12.1 Å². The molecule has 0 saturated carbocycles. The number of fused-ring (bicyclic) bond motifs is 2. The van der Waals surface area contributed by atoms with E-state index in [1.165, 1.54) is 0 Å². The van der Waals surface area contributed by atoms with Gasteiger partial charge in [0.2, 0.25) is 5.95 Å². The molecule has 0 aliphatic carbocycles. The Morgan fingerprint density at radius 1 is 1.42 bits per heavy atom. The molecule has 1 aromatic heterocycles. The van der Waals surface area contributed by atoms with E-state index in [-0.39, 0.29) is 17.6 Å². The Bertz CT molecular complexity index is 682. The zero-order chi connectivity index (χ0) is 17.8. The van der Waals surface area contributed by atoms with Crippen molar-refractivity contribution in [3.63, 3.8) is 0 Å². The number of alkyl halides is 3. The lowest BCUT2D eigenvalue weighted by Crippen LogP contribution is -2.41. The summed E-state index contributed by atoms with van der Waals surface area (Å²) in [6.07, 6.45) is -1.57. The first-order valence-electron chi connectivity index (χ1n) is 7.56. The predicted octanol–water partition coefficient (Wildman–Crippen LogP) is 2.79. The van der Waals surface area contributed by atoms with Crippen LogP contribution in [0.15, 0.2) is 6.20 Å². The number of ether oxygens (including phenoxy) is 2. The zero-order valence-corrected chi connectivity index (χ0v) is 13.5. The van der Waals surface area contributed by atoms with E-state index in [1.807, 2.05) is 13.8 Å². The van der Waals surface area contributed by atoms with Crippen molar-refractivity contribution in [3.05, 3.63) is 17.5 Å². The molecule has 3 atom stereocenters. The third kappa shape index (κ3) is 2.81. The van der Waals surface area contributed by atoms with E-state index in [4.69, 9.17) is 4.74 Å². The second-order valence-electron chi connectivity index (χ2n) is 6.71. The number of hydrogen-bond donors (Lipinski definition) is 1. The van der Waals surface area contributed by atoms with Gasteiger partial charge in [0.1, 0.15) is 5.56 Å². The molecule has 2 bridgehead atoms. The third-order valence-electron chi connectivity index (χ3n) is 4.77. The minimum atomic E-state index is -4.79. The number of anilines is 1. The van der Waals surface area contributed by atoms with Crippen LogP contribution in [0.25, 0.3) is 0 Å². The van der Waals surface area contributed by atoms with Gasteiger partial charge in [-0.05, 0) is 33.1 Å². The number of nitrogens with zero attached hydrogens (tertiary/aromatic N) is 2. The Kier molecular flexibility index (Phi) is 3.74. The Morgan fingerprint density at radius 2 is 2.12 bits per heavy atom. The molecule has 0 amide bonds. The molecule has 9 heteroatoms. The lowest BCUT2D eigenvalue weighted by Gasteiger charge is -2.30. The van der Waals surface area contributed by atoms with Crippen molar-refractivity contribution in [1.29, 1.82) is 0 Å². The van der Waals surface area contributed by atoms with Gasteiger partial charge in [-0.3, -0.25) is 0 Å². The summed E-state index contributed by atoms with van der Waals surface area (Å²) < 4.78 is 49.9. The third-order valence-corrected chi connectivity index (χ3v) is 4.77. The average Bonchev–Trinajstić information content (AvgIpc) is 2.94. The number of methoxy groups -OCH3 is 1. The average molecular weight is 345 g/mol. The number of aromatic nitrogens is 2. The summed E-state index contributed by atoms with van der Waals surface area (Å²) in [5.41, 5.74) is -2.76. The maximum atomic E-state index is 13.2. The molecular weight excluding hydrogens is 327 g/mol. The summed E-state index contributed by atoms with van der Waals surface area (Å²) in [7, 11) is 1.00. The maximum Gasteiger partial charge on any atom is 0.434 e. The minimum Gasteiger partial charge on any atom is -0.465 e. The molecule has 6 nitrogen and oxygen atoms in total. The smallest absolute Gasteiger partial charge is 0.434 e. The van der Waals surface area contributed by atoms with Crippen LogP contribution in [0.4, 0.5) is 19.1 Å². The number of rotatable bonds is 3. The van der Waals surface area contributed by atoms with Gasteiger partial charge < -0.3 is 14.8 Å². The van der Waals surface area contributed by atoms with Crippen LogP contribution in [-0.4, -0.2) is 40.3 Å². The van der Waals surface area contributed by atoms with E-state index in [9.17, 15) is 18.0 Å². The van der Waals surface area contributed by atoms with Gasteiger partial charge in [-0.25, -0.2) is 14.8 Å². The van der Waals surface area contributed by atoms with Gasteiger partial charge in [-0.15, -0.1) is 0 Å². The Hall–Kier alpha value is -1.90. The summed E-state index contributed by atoms with van der Waals surface area (Å²) in [6.45, 7) is 3.92. The number of hydrogen-bond acceptors (Lipinski definition) is 6. The monoisotopic (exact) mass is 345 g/mol. The molecule has 0 aromatic carbocycles. The largest absolute Gasteiger partial charge is 0.465 e. The van der Waals surface area contributed by atoms with Crippen molar-refractivity contribution >= 4 is 11.9 Å². The van der Waals surface area contributed by atoms with E-state index in [0.717, 1.165) is 26.1 Å². The summed E-state index contributed by atoms with van der Waals surface area (Å²) in [5.74, 6) is -1.31. The first-order chi connectivity index (χ1) is 11.1. The standard InChI is InChI=1S/C15H18F3N3O3/c1-13-4-5-14(2,24-13)9(6-13)20-12-19-7-8(11(22)23-3)10(21-12)15(16,17)18/h7,9H,4-6H2,1-3H3,(H,19,20,21)/t9-,13+,14-/m0/s1. The Morgan fingerprint density at radius 3 is 2.62 bits per heavy atom. The molecule has 2 fully saturated rings. The molecule has 2 saturated heterocycles. The van der Waals surface area contributed by atoms with Crippen LogP contribution in [-0.2, 0) is 15.7 Å². The number of halogens is 3. The number of esters is 1. The zero-order valence-electron chi connectivity index (χ0n) is 13.5.